The van der Waals surface area contributed by atoms with Crippen LogP contribution in [0.4, 0.5) is 0 Å². The molecule has 4 nitrogen and oxygen atoms in total. The van der Waals surface area contributed by atoms with Crippen LogP contribution in [0, 0.1) is 0 Å². The summed E-state index contributed by atoms with van der Waals surface area (Å²) in [7, 11) is -2.57. The maximum Gasteiger partial charge on any atom is 0.261 e. The van der Waals surface area contributed by atoms with Crippen molar-refractivity contribution in [2.75, 3.05) is 6.61 Å². The van der Waals surface area contributed by atoms with Crippen LogP contribution >= 0.6 is 0 Å². The van der Waals surface area contributed by atoms with E-state index < -0.39 is 20.2 Å². The standard InChI is InChI=1S/C24H32O4Si/c1-23(2,3)29(19-12-8-6-9-13-19,20-14-10-7-11-15-20)26-17-16-21-22(18-25)28-24(4,5)27-21/h6-15,18,21-22H,16-17H2,1-5H3/t21-,22+/m0/s1. The summed E-state index contributed by atoms with van der Waals surface area (Å²) in [5.74, 6) is -0.742. The molecule has 0 bridgehead atoms. The molecule has 1 saturated heterocycles. The maximum atomic E-state index is 11.4. The third-order valence-electron chi connectivity index (χ3n) is 5.49. The molecule has 3 rings (SSSR count). The Hall–Kier alpha value is -1.79. The Morgan fingerprint density at radius 2 is 1.48 bits per heavy atom. The van der Waals surface area contributed by atoms with Crippen LogP contribution in [0.5, 0.6) is 0 Å². The molecule has 2 aromatic rings. The van der Waals surface area contributed by atoms with Gasteiger partial charge in [-0.3, -0.25) is 0 Å². The lowest BCUT2D eigenvalue weighted by Crippen LogP contribution is -2.66. The summed E-state index contributed by atoms with van der Waals surface area (Å²) in [6.45, 7) is 10.9. The zero-order valence-electron chi connectivity index (χ0n) is 18.1. The van der Waals surface area contributed by atoms with Crippen molar-refractivity contribution in [3.05, 3.63) is 60.7 Å². The van der Waals surface area contributed by atoms with Gasteiger partial charge in [0.15, 0.2) is 12.1 Å². The smallest absolute Gasteiger partial charge is 0.261 e. The van der Waals surface area contributed by atoms with Crippen molar-refractivity contribution in [1.82, 2.24) is 0 Å². The first-order valence-electron chi connectivity index (χ1n) is 10.3. The van der Waals surface area contributed by atoms with Crippen LogP contribution in [0.1, 0.15) is 41.0 Å². The van der Waals surface area contributed by atoms with E-state index in [9.17, 15) is 4.79 Å². The molecule has 1 aliphatic rings. The van der Waals surface area contributed by atoms with Gasteiger partial charge in [0.2, 0.25) is 0 Å². The fourth-order valence-corrected chi connectivity index (χ4v) is 8.87. The number of carbonyl (C=O) groups is 1. The van der Waals surface area contributed by atoms with Crippen molar-refractivity contribution in [2.45, 2.75) is 64.1 Å². The van der Waals surface area contributed by atoms with Gasteiger partial charge < -0.3 is 18.7 Å². The summed E-state index contributed by atoms with van der Waals surface area (Å²) in [6, 6.07) is 21.1. The Kier molecular flexibility index (Phi) is 6.44. The second-order valence-corrected chi connectivity index (χ2v) is 13.4. The molecule has 1 aliphatic heterocycles. The highest BCUT2D eigenvalue weighted by atomic mass is 28.4. The minimum atomic E-state index is -2.57. The molecule has 0 unspecified atom stereocenters. The quantitative estimate of drug-likeness (QED) is 0.514. The highest BCUT2D eigenvalue weighted by molar-refractivity contribution is 6.99. The largest absolute Gasteiger partial charge is 0.407 e. The summed E-state index contributed by atoms with van der Waals surface area (Å²) in [5, 5.41) is 2.41. The van der Waals surface area contributed by atoms with Crippen LogP contribution in [0.15, 0.2) is 60.7 Å². The number of hydrogen-bond donors (Lipinski definition) is 0. The number of ether oxygens (including phenoxy) is 2. The second-order valence-electron chi connectivity index (χ2n) is 9.08. The third-order valence-corrected chi connectivity index (χ3v) is 10.5. The Labute approximate surface area is 175 Å². The van der Waals surface area contributed by atoms with Crippen molar-refractivity contribution in [3.8, 4) is 0 Å². The van der Waals surface area contributed by atoms with Gasteiger partial charge in [0, 0.05) is 6.61 Å². The first kappa shape index (κ1) is 21.9. The van der Waals surface area contributed by atoms with Crippen LogP contribution in [-0.2, 0) is 18.7 Å². The van der Waals surface area contributed by atoms with Crippen LogP contribution < -0.4 is 10.4 Å². The topological polar surface area (TPSA) is 44.8 Å². The monoisotopic (exact) mass is 412 g/mol. The maximum absolute atomic E-state index is 11.4. The zero-order valence-corrected chi connectivity index (χ0v) is 19.1. The fourth-order valence-electron chi connectivity index (χ4n) is 4.29. The number of rotatable bonds is 7. The summed E-state index contributed by atoms with van der Waals surface area (Å²) >= 11 is 0. The van der Waals surface area contributed by atoms with Gasteiger partial charge in [0.05, 0.1) is 6.10 Å². The highest BCUT2D eigenvalue weighted by Gasteiger charge is 2.50. The number of carbonyl (C=O) groups excluding carboxylic acids is 1. The van der Waals surface area contributed by atoms with Gasteiger partial charge >= 0.3 is 0 Å². The average molecular weight is 413 g/mol. The van der Waals surface area contributed by atoms with Crippen LogP contribution in [0.25, 0.3) is 0 Å². The molecule has 0 aromatic heterocycles. The summed E-state index contributed by atoms with van der Waals surface area (Å²) in [6.07, 6.45) is 0.605. The van der Waals surface area contributed by atoms with Crippen molar-refractivity contribution < 1.29 is 18.7 Å². The minimum absolute atomic E-state index is 0.0773. The van der Waals surface area contributed by atoms with E-state index >= 15 is 0 Å². The number of aldehydes is 1. The van der Waals surface area contributed by atoms with Crippen molar-refractivity contribution in [2.24, 2.45) is 0 Å². The van der Waals surface area contributed by atoms with E-state index in [0.29, 0.717) is 13.0 Å². The van der Waals surface area contributed by atoms with Gasteiger partial charge in [-0.2, -0.15) is 0 Å². The molecule has 156 valence electrons. The SMILES string of the molecule is CC1(C)O[C@@H](CCO[Si](c2ccccc2)(c2ccccc2)C(C)(C)C)[C@@H](C=O)O1. The Bertz CT molecular complexity index is 759. The van der Waals surface area contributed by atoms with E-state index in [1.807, 2.05) is 26.0 Å². The Balaban J connectivity index is 1.91. The molecule has 5 heteroatoms. The lowest BCUT2D eigenvalue weighted by molar-refractivity contribution is -0.150. The summed E-state index contributed by atoms with van der Waals surface area (Å²) in [4.78, 5) is 11.4. The molecule has 1 heterocycles. The van der Waals surface area contributed by atoms with Gasteiger partial charge in [0.25, 0.3) is 8.32 Å². The minimum Gasteiger partial charge on any atom is -0.407 e. The highest BCUT2D eigenvalue weighted by Crippen LogP contribution is 2.37. The number of hydrogen-bond acceptors (Lipinski definition) is 4. The van der Waals surface area contributed by atoms with E-state index in [1.165, 1.54) is 10.4 Å². The lowest BCUT2D eigenvalue weighted by atomic mass is 10.2. The lowest BCUT2D eigenvalue weighted by Gasteiger charge is -2.43. The number of benzene rings is 2. The van der Waals surface area contributed by atoms with Gasteiger partial charge in [0.1, 0.15) is 6.10 Å². The fraction of sp³-hybridized carbons (Fsp3) is 0.458. The van der Waals surface area contributed by atoms with E-state index in [2.05, 4.69) is 69.3 Å². The molecular weight excluding hydrogens is 380 g/mol. The van der Waals surface area contributed by atoms with Crippen molar-refractivity contribution in [3.63, 3.8) is 0 Å². The van der Waals surface area contributed by atoms with Crippen molar-refractivity contribution >= 4 is 25.0 Å². The van der Waals surface area contributed by atoms with Gasteiger partial charge in [-0.25, -0.2) is 0 Å². The van der Waals surface area contributed by atoms with E-state index in [1.54, 1.807) is 0 Å². The zero-order chi connectivity index (χ0) is 21.1. The van der Waals surface area contributed by atoms with Gasteiger partial charge in [-0.15, -0.1) is 0 Å². The molecular formula is C24H32O4Si. The molecule has 0 aliphatic carbocycles. The Morgan fingerprint density at radius 3 is 1.93 bits per heavy atom. The van der Waals surface area contributed by atoms with E-state index in [-0.39, 0.29) is 11.1 Å². The first-order chi connectivity index (χ1) is 13.7. The molecule has 0 radical (unpaired) electrons. The molecule has 0 saturated carbocycles. The normalized spacial score (nSPS) is 21.8. The van der Waals surface area contributed by atoms with Crippen LogP contribution in [0.3, 0.4) is 0 Å². The molecule has 0 spiro atoms. The molecule has 2 aromatic carbocycles. The molecule has 0 N–H and O–H groups in total. The van der Waals surface area contributed by atoms with Crippen molar-refractivity contribution in [1.29, 1.82) is 0 Å². The van der Waals surface area contributed by atoms with Gasteiger partial charge in [-0.1, -0.05) is 81.4 Å². The summed E-state index contributed by atoms with van der Waals surface area (Å²) in [5.41, 5.74) is 0. The Morgan fingerprint density at radius 1 is 0.966 bits per heavy atom. The van der Waals surface area contributed by atoms with E-state index in [0.717, 1.165) is 6.29 Å². The molecule has 2 atom stereocenters. The predicted molar refractivity (Wildman–Crippen MR) is 118 cm³/mol. The summed E-state index contributed by atoms with van der Waals surface area (Å²) < 4.78 is 18.5. The van der Waals surface area contributed by atoms with E-state index in [4.69, 9.17) is 13.9 Å². The molecule has 29 heavy (non-hydrogen) atoms. The average Bonchev–Trinajstić information content (AvgIpc) is 2.99. The van der Waals surface area contributed by atoms with Gasteiger partial charge in [-0.05, 0) is 35.7 Å². The second kappa shape index (κ2) is 8.52. The third kappa shape index (κ3) is 4.53. The predicted octanol–water partition coefficient (Wildman–Crippen LogP) is 3.67. The van der Waals surface area contributed by atoms with Crippen LogP contribution in [0.2, 0.25) is 5.04 Å². The van der Waals surface area contributed by atoms with Crippen LogP contribution in [-0.4, -0.2) is 39.2 Å². The molecule has 1 fully saturated rings. The molecule has 0 amide bonds. The first-order valence-corrected chi connectivity index (χ1v) is 12.2.